The van der Waals surface area contributed by atoms with Gasteiger partial charge in [-0.3, -0.25) is 4.79 Å². The van der Waals surface area contributed by atoms with Gasteiger partial charge in [0.15, 0.2) is 5.82 Å². The van der Waals surface area contributed by atoms with Crippen molar-refractivity contribution in [3.8, 4) is 0 Å². The maximum Gasteiger partial charge on any atom is 0.295 e. The van der Waals surface area contributed by atoms with E-state index in [4.69, 9.17) is 0 Å². The van der Waals surface area contributed by atoms with E-state index in [1.807, 2.05) is 39.0 Å². The minimum Gasteiger partial charge on any atom is -0.346 e. The molecular formula is C19H19F2N3O. The minimum atomic E-state index is -2.67. The molecular weight excluding hydrogens is 324 g/mol. The van der Waals surface area contributed by atoms with Crippen molar-refractivity contribution in [2.24, 2.45) is 0 Å². The summed E-state index contributed by atoms with van der Waals surface area (Å²) in [5.74, 6) is -0.653. The Morgan fingerprint density at radius 3 is 2.64 bits per heavy atom. The van der Waals surface area contributed by atoms with Crippen LogP contribution < -0.4 is 5.32 Å². The number of imidazole rings is 1. The van der Waals surface area contributed by atoms with Gasteiger partial charge in [-0.05, 0) is 50.1 Å². The molecule has 0 spiro atoms. The summed E-state index contributed by atoms with van der Waals surface area (Å²) in [7, 11) is 0. The Balaban J connectivity index is 1.83. The zero-order valence-corrected chi connectivity index (χ0v) is 14.2. The first-order valence-corrected chi connectivity index (χ1v) is 8.01. The van der Waals surface area contributed by atoms with E-state index in [0.717, 1.165) is 16.7 Å². The fraction of sp³-hybridized carbons (Fsp3) is 0.263. The molecule has 0 bridgehead atoms. The Bertz CT molecular complexity index is 934. The Kier molecular flexibility index (Phi) is 4.53. The van der Waals surface area contributed by atoms with Crippen LogP contribution in [0.2, 0.25) is 0 Å². The number of hydrogen-bond donors (Lipinski definition) is 2. The average Bonchev–Trinajstić information content (AvgIpc) is 3.00. The fourth-order valence-corrected chi connectivity index (χ4v) is 2.86. The molecule has 1 amide bonds. The Hall–Kier alpha value is -2.76. The van der Waals surface area contributed by atoms with E-state index in [1.165, 1.54) is 0 Å². The van der Waals surface area contributed by atoms with Gasteiger partial charge in [-0.1, -0.05) is 23.8 Å². The SMILES string of the molecule is Cc1ccc(C)c(C(C)NC(=O)c2ccc3nc(C(F)F)[nH]c3c2)c1. The number of fused-ring (bicyclic) bond motifs is 1. The second kappa shape index (κ2) is 6.63. The summed E-state index contributed by atoms with van der Waals surface area (Å²) in [5, 5.41) is 2.95. The van der Waals surface area contributed by atoms with Gasteiger partial charge >= 0.3 is 0 Å². The van der Waals surface area contributed by atoms with Crippen molar-refractivity contribution in [1.29, 1.82) is 0 Å². The van der Waals surface area contributed by atoms with Crippen molar-refractivity contribution >= 4 is 16.9 Å². The van der Waals surface area contributed by atoms with Crippen molar-refractivity contribution in [2.45, 2.75) is 33.2 Å². The number of amides is 1. The van der Waals surface area contributed by atoms with Crippen LogP contribution >= 0.6 is 0 Å². The van der Waals surface area contributed by atoms with Crippen molar-refractivity contribution in [3.63, 3.8) is 0 Å². The zero-order chi connectivity index (χ0) is 18.1. The third-order valence-electron chi connectivity index (χ3n) is 4.22. The van der Waals surface area contributed by atoms with Crippen LogP contribution in [0.5, 0.6) is 0 Å². The number of carbonyl (C=O) groups is 1. The van der Waals surface area contributed by atoms with Crippen LogP contribution in [0.15, 0.2) is 36.4 Å². The maximum absolute atomic E-state index is 12.7. The first kappa shape index (κ1) is 17.1. The minimum absolute atomic E-state index is 0.165. The highest BCUT2D eigenvalue weighted by Gasteiger charge is 2.16. The first-order valence-electron chi connectivity index (χ1n) is 8.01. The highest BCUT2D eigenvalue weighted by Crippen LogP contribution is 2.22. The average molecular weight is 343 g/mol. The molecule has 0 saturated carbocycles. The van der Waals surface area contributed by atoms with Gasteiger partial charge in [-0.25, -0.2) is 13.8 Å². The zero-order valence-electron chi connectivity index (χ0n) is 14.2. The van der Waals surface area contributed by atoms with Crippen LogP contribution in [-0.4, -0.2) is 15.9 Å². The van der Waals surface area contributed by atoms with Gasteiger partial charge in [0.1, 0.15) is 0 Å². The highest BCUT2D eigenvalue weighted by molar-refractivity contribution is 5.97. The van der Waals surface area contributed by atoms with Gasteiger partial charge in [0.2, 0.25) is 0 Å². The predicted molar refractivity (Wildman–Crippen MR) is 92.8 cm³/mol. The molecule has 4 nitrogen and oxygen atoms in total. The molecule has 3 rings (SSSR count). The molecule has 0 aliphatic heterocycles. The van der Waals surface area contributed by atoms with Crippen LogP contribution in [0, 0.1) is 13.8 Å². The van der Waals surface area contributed by atoms with Gasteiger partial charge in [-0.2, -0.15) is 0 Å². The molecule has 1 unspecified atom stereocenters. The second-order valence-electron chi connectivity index (χ2n) is 6.21. The molecule has 0 aliphatic rings. The van der Waals surface area contributed by atoms with Crippen LogP contribution in [0.4, 0.5) is 8.78 Å². The molecule has 6 heteroatoms. The third-order valence-corrected chi connectivity index (χ3v) is 4.22. The summed E-state index contributed by atoms with van der Waals surface area (Å²) in [6.07, 6.45) is -2.67. The van der Waals surface area contributed by atoms with E-state index in [1.54, 1.807) is 18.2 Å². The monoisotopic (exact) mass is 343 g/mol. The Morgan fingerprint density at radius 1 is 1.16 bits per heavy atom. The lowest BCUT2D eigenvalue weighted by Gasteiger charge is -2.17. The molecule has 0 radical (unpaired) electrons. The van der Waals surface area contributed by atoms with E-state index in [-0.39, 0.29) is 11.9 Å². The molecule has 1 aromatic heterocycles. The molecule has 0 aliphatic carbocycles. The number of alkyl halides is 2. The van der Waals surface area contributed by atoms with Crippen molar-refractivity contribution in [1.82, 2.24) is 15.3 Å². The van der Waals surface area contributed by atoms with Crippen molar-refractivity contribution < 1.29 is 13.6 Å². The lowest BCUT2D eigenvalue weighted by Crippen LogP contribution is -2.27. The first-order chi connectivity index (χ1) is 11.8. The lowest BCUT2D eigenvalue weighted by atomic mass is 9.99. The van der Waals surface area contributed by atoms with Crippen molar-refractivity contribution in [3.05, 3.63) is 64.5 Å². The number of aromatic nitrogens is 2. The van der Waals surface area contributed by atoms with E-state index >= 15 is 0 Å². The summed E-state index contributed by atoms with van der Waals surface area (Å²) in [5.41, 5.74) is 4.51. The molecule has 0 saturated heterocycles. The molecule has 1 atom stereocenters. The molecule has 130 valence electrons. The summed E-state index contributed by atoms with van der Waals surface area (Å²) in [6, 6.07) is 10.6. The largest absolute Gasteiger partial charge is 0.346 e. The van der Waals surface area contributed by atoms with Gasteiger partial charge in [-0.15, -0.1) is 0 Å². The van der Waals surface area contributed by atoms with Crippen LogP contribution in [0.25, 0.3) is 11.0 Å². The van der Waals surface area contributed by atoms with Crippen LogP contribution in [0.3, 0.4) is 0 Å². The smallest absolute Gasteiger partial charge is 0.295 e. The number of halogens is 2. The number of hydrogen-bond acceptors (Lipinski definition) is 2. The summed E-state index contributed by atoms with van der Waals surface area (Å²) in [4.78, 5) is 18.9. The molecule has 2 N–H and O–H groups in total. The van der Waals surface area contributed by atoms with E-state index in [9.17, 15) is 13.6 Å². The molecule has 2 aromatic carbocycles. The molecule has 25 heavy (non-hydrogen) atoms. The van der Waals surface area contributed by atoms with Crippen molar-refractivity contribution in [2.75, 3.05) is 0 Å². The summed E-state index contributed by atoms with van der Waals surface area (Å²) < 4.78 is 25.4. The third kappa shape index (κ3) is 3.52. The number of benzene rings is 2. The van der Waals surface area contributed by atoms with Crippen LogP contribution in [-0.2, 0) is 0 Å². The fourth-order valence-electron chi connectivity index (χ4n) is 2.86. The molecule has 0 fully saturated rings. The summed E-state index contributed by atoms with van der Waals surface area (Å²) >= 11 is 0. The number of rotatable bonds is 4. The van der Waals surface area contributed by atoms with E-state index < -0.39 is 12.2 Å². The van der Waals surface area contributed by atoms with Gasteiger partial charge in [0.25, 0.3) is 12.3 Å². The Morgan fingerprint density at radius 2 is 1.92 bits per heavy atom. The number of nitrogens with zero attached hydrogens (tertiary/aromatic N) is 1. The van der Waals surface area contributed by atoms with Gasteiger partial charge in [0, 0.05) is 5.56 Å². The standard InChI is InChI=1S/C19H19F2N3O/c1-10-4-5-11(2)14(8-10)12(3)22-19(25)13-6-7-15-16(9-13)24-18(23-15)17(20)21/h4-9,12,17H,1-3H3,(H,22,25)(H,23,24). The van der Waals surface area contributed by atoms with Crippen LogP contribution in [0.1, 0.15) is 52.3 Å². The maximum atomic E-state index is 12.7. The number of aromatic amines is 1. The normalized spacial score (nSPS) is 12.6. The van der Waals surface area contributed by atoms with E-state index in [0.29, 0.717) is 16.6 Å². The second-order valence-corrected chi connectivity index (χ2v) is 6.21. The number of carbonyl (C=O) groups excluding carboxylic acids is 1. The van der Waals surface area contributed by atoms with Gasteiger partial charge in [0.05, 0.1) is 17.1 Å². The Labute approximate surface area is 144 Å². The summed E-state index contributed by atoms with van der Waals surface area (Å²) in [6.45, 7) is 5.92. The predicted octanol–water partition coefficient (Wildman–Crippen LogP) is 4.61. The number of H-pyrrole nitrogens is 1. The quantitative estimate of drug-likeness (QED) is 0.727. The topological polar surface area (TPSA) is 57.8 Å². The van der Waals surface area contributed by atoms with Gasteiger partial charge < -0.3 is 10.3 Å². The highest BCUT2D eigenvalue weighted by atomic mass is 19.3. The molecule has 1 heterocycles. The van der Waals surface area contributed by atoms with E-state index in [2.05, 4.69) is 15.3 Å². The molecule has 3 aromatic rings. The number of aryl methyl sites for hydroxylation is 2. The lowest BCUT2D eigenvalue weighted by molar-refractivity contribution is 0.0940. The number of nitrogens with one attached hydrogen (secondary N) is 2.